The zero-order valence-corrected chi connectivity index (χ0v) is 20.1. The highest BCUT2D eigenvalue weighted by Crippen LogP contribution is 2.47. The summed E-state index contributed by atoms with van der Waals surface area (Å²) in [5, 5.41) is 0.621. The quantitative estimate of drug-likeness (QED) is 0.266. The lowest BCUT2D eigenvalue weighted by Gasteiger charge is -2.15. The van der Waals surface area contributed by atoms with Crippen LogP contribution in [0.4, 0.5) is 0 Å². The lowest BCUT2D eigenvalue weighted by Crippen LogP contribution is -2.02. The van der Waals surface area contributed by atoms with Gasteiger partial charge in [-0.05, 0) is 65.2 Å². The number of Topliss-reactive ketones (excluding diaryl/α,β-unsaturated/α-hetero) is 1. The van der Waals surface area contributed by atoms with E-state index in [1.165, 1.54) is 0 Å². The molecule has 1 atom stereocenters. The van der Waals surface area contributed by atoms with Gasteiger partial charge in [-0.15, -0.1) is 0 Å². The molecule has 0 aromatic heterocycles. The van der Waals surface area contributed by atoms with Crippen molar-refractivity contribution in [1.29, 1.82) is 0 Å². The van der Waals surface area contributed by atoms with E-state index in [-0.39, 0.29) is 11.7 Å². The third kappa shape index (κ3) is 4.41. The van der Waals surface area contributed by atoms with Crippen LogP contribution in [0.25, 0.3) is 6.08 Å². The number of methoxy groups -OCH3 is 2. The molecule has 5 rings (SSSR count). The van der Waals surface area contributed by atoms with Gasteiger partial charge in [-0.2, -0.15) is 0 Å². The third-order valence-electron chi connectivity index (χ3n) is 6.07. The number of carbonyl (C=O) groups excluding carboxylic acids is 1. The summed E-state index contributed by atoms with van der Waals surface area (Å²) in [7, 11) is 3.19. The Balaban J connectivity index is 1.64. The van der Waals surface area contributed by atoms with Gasteiger partial charge in [0.25, 0.3) is 0 Å². The van der Waals surface area contributed by atoms with E-state index in [0.29, 0.717) is 39.2 Å². The van der Waals surface area contributed by atoms with Gasteiger partial charge in [0.1, 0.15) is 11.5 Å². The number of allylic oxidation sites excluding steroid dienone is 1. The molecule has 0 saturated carbocycles. The van der Waals surface area contributed by atoms with Crippen molar-refractivity contribution >= 4 is 23.5 Å². The molecule has 35 heavy (non-hydrogen) atoms. The first-order valence-electron chi connectivity index (χ1n) is 11.2. The summed E-state index contributed by atoms with van der Waals surface area (Å²) in [5.74, 6) is 2.09. The van der Waals surface area contributed by atoms with Crippen molar-refractivity contribution in [2.24, 2.45) is 0 Å². The summed E-state index contributed by atoms with van der Waals surface area (Å²) >= 11 is 6.02. The number of halogens is 1. The summed E-state index contributed by atoms with van der Waals surface area (Å²) in [4.78, 5) is 13.9. The normalized spacial score (nSPS) is 15.7. The van der Waals surface area contributed by atoms with Crippen LogP contribution in [-0.2, 0) is 0 Å². The average molecular weight is 483 g/mol. The van der Waals surface area contributed by atoms with Crippen LogP contribution in [0.3, 0.4) is 0 Å². The molecule has 0 fully saturated rings. The fraction of sp³-hybridized carbons (Fsp3) is 0.100. The standard InChI is InChI=1S/C30H23ClO4/c1-33-25-16-11-19(18-27(25)34-2)17-24-28(20-7-4-3-5-8-20)23-9-6-10-26(29(23)30(24)32)35-22-14-12-21(31)13-15-22/h3-18,28H,1-2H3/b24-17-/t28-/m0/s1. The smallest absolute Gasteiger partial charge is 0.194 e. The predicted octanol–water partition coefficient (Wildman–Crippen LogP) is 7.56. The molecule has 0 saturated heterocycles. The molecule has 0 aliphatic heterocycles. The summed E-state index contributed by atoms with van der Waals surface area (Å²) in [5.41, 5.74) is 4.04. The molecule has 4 nitrogen and oxygen atoms in total. The van der Waals surface area contributed by atoms with Gasteiger partial charge in [-0.1, -0.05) is 60.1 Å². The number of carbonyl (C=O) groups is 1. The number of rotatable bonds is 6. The number of hydrogen-bond donors (Lipinski definition) is 0. The molecule has 1 aliphatic rings. The van der Waals surface area contributed by atoms with Crippen LogP contribution in [0.5, 0.6) is 23.0 Å². The lowest BCUT2D eigenvalue weighted by molar-refractivity contribution is 0.103. The minimum Gasteiger partial charge on any atom is -0.493 e. The fourth-order valence-corrected chi connectivity index (χ4v) is 4.59. The van der Waals surface area contributed by atoms with Crippen LogP contribution in [0.1, 0.15) is 33.0 Å². The number of fused-ring (bicyclic) bond motifs is 1. The Labute approximate surface area is 209 Å². The molecule has 0 spiro atoms. The van der Waals surface area contributed by atoms with E-state index >= 15 is 0 Å². The first-order chi connectivity index (χ1) is 17.1. The van der Waals surface area contributed by atoms with E-state index < -0.39 is 0 Å². The maximum atomic E-state index is 13.9. The molecule has 0 amide bonds. The van der Waals surface area contributed by atoms with Crippen LogP contribution >= 0.6 is 11.6 Å². The number of benzene rings is 4. The van der Waals surface area contributed by atoms with Crippen molar-refractivity contribution in [1.82, 2.24) is 0 Å². The van der Waals surface area contributed by atoms with Crippen molar-refractivity contribution in [3.63, 3.8) is 0 Å². The second-order valence-electron chi connectivity index (χ2n) is 8.16. The van der Waals surface area contributed by atoms with E-state index in [2.05, 4.69) is 0 Å². The molecule has 1 aliphatic carbocycles. The molecule has 5 heteroatoms. The summed E-state index contributed by atoms with van der Waals surface area (Å²) in [6.07, 6.45) is 1.92. The van der Waals surface area contributed by atoms with Gasteiger partial charge in [0.15, 0.2) is 17.3 Å². The fourth-order valence-electron chi connectivity index (χ4n) is 4.46. The third-order valence-corrected chi connectivity index (χ3v) is 6.33. The molecular weight excluding hydrogens is 460 g/mol. The first kappa shape index (κ1) is 22.8. The highest BCUT2D eigenvalue weighted by atomic mass is 35.5. The zero-order chi connectivity index (χ0) is 24.4. The van der Waals surface area contributed by atoms with Gasteiger partial charge in [-0.3, -0.25) is 4.79 Å². The first-order valence-corrected chi connectivity index (χ1v) is 11.6. The van der Waals surface area contributed by atoms with Crippen molar-refractivity contribution in [2.45, 2.75) is 5.92 Å². The van der Waals surface area contributed by atoms with Gasteiger partial charge in [0, 0.05) is 16.5 Å². The SMILES string of the molecule is COc1ccc(/C=C2\C(=O)c3c(Oc4ccc(Cl)cc4)cccc3[C@@H]2c2ccccc2)cc1OC. The van der Waals surface area contributed by atoms with Crippen molar-refractivity contribution in [3.05, 3.63) is 124 Å². The minimum atomic E-state index is -0.222. The maximum Gasteiger partial charge on any atom is 0.194 e. The van der Waals surface area contributed by atoms with Crippen LogP contribution in [0.15, 0.2) is 96.6 Å². The number of ketones is 1. The molecule has 4 aromatic rings. The summed E-state index contributed by atoms with van der Waals surface area (Å²) in [6, 6.07) is 28.5. The highest BCUT2D eigenvalue weighted by molar-refractivity contribution is 6.30. The Hall–Kier alpha value is -4.02. The average Bonchev–Trinajstić information content (AvgIpc) is 3.17. The predicted molar refractivity (Wildman–Crippen MR) is 138 cm³/mol. The Morgan fingerprint density at radius 1 is 0.771 bits per heavy atom. The van der Waals surface area contributed by atoms with E-state index in [0.717, 1.165) is 16.7 Å². The van der Waals surface area contributed by atoms with E-state index in [1.54, 1.807) is 38.5 Å². The van der Waals surface area contributed by atoms with Crippen LogP contribution in [-0.4, -0.2) is 20.0 Å². The Kier molecular flexibility index (Phi) is 6.30. The Bertz CT molecular complexity index is 1410. The van der Waals surface area contributed by atoms with Crippen LogP contribution in [0.2, 0.25) is 5.02 Å². The zero-order valence-electron chi connectivity index (χ0n) is 19.3. The molecular formula is C30H23ClO4. The largest absolute Gasteiger partial charge is 0.493 e. The molecule has 0 bridgehead atoms. The van der Waals surface area contributed by atoms with Gasteiger partial charge < -0.3 is 14.2 Å². The van der Waals surface area contributed by atoms with Gasteiger partial charge in [0.05, 0.1) is 19.8 Å². The monoisotopic (exact) mass is 482 g/mol. The van der Waals surface area contributed by atoms with E-state index in [1.807, 2.05) is 72.8 Å². The van der Waals surface area contributed by atoms with Gasteiger partial charge >= 0.3 is 0 Å². The Morgan fingerprint density at radius 2 is 1.51 bits per heavy atom. The van der Waals surface area contributed by atoms with Gasteiger partial charge in [0.2, 0.25) is 0 Å². The van der Waals surface area contributed by atoms with Crippen molar-refractivity contribution in [2.75, 3.05) is 14.2 Å². The van der Waals surface area contributed by atoms with Crippen molar-refractivity contribution < 1.29 is 19.0 Å². The summed E-state index contributed by atoms with van der Waals surface area (Å²) < 4.78 is 17.0. The molecule has 0 radical (unpaired) electrons. The minimum absolute atomic E-state index is 0.0619. The number of ether oxygens (including phenoxy) is 3. The second-order valence-corrected chi connectivity index (χ2v) is 8.60. The topological polar surface area (TPSA) is 44.8 Å². The van der Waals surface area contributed by atoms with Gasteiger partial charge in [-0.25, -0.2) is 0 Å². The van der Waals surface area contributed by atoms with E-state index in [4.69, 9.17) is 25.8 Å². The molecule has 4 aromatic carbocycles. The number of hydrogen-bond acceptors (Lipinski definition) is 4. The van der Waals surface area contributed by atoms with Crippen LogP contribution in [0, 0.1) is 0 Å². The van der Waals surface area contributed by atoms with Crippen LogP contribution < -0.4 is 14.2 Å². The summed E-state index contributed by atoms with van der Waals surface area (Å²) in [6.45, 7) is 0. The second kappa shape index (κ2) is 9.69. The van der Waals surface area contributed by atoms with Crippen molar-refractivity contribution in [3.8, 4) is 23.0 Å². The Morgan fingerprint density at radius 3 is 2.23 bits per heavy atom. The highest BCUT2D eigenvalue weighted by Gasteiger charge is 2.38. The molecule has 0 unspecified atom stereocenters. The lowest BCUT2D eigenvalue weighted by atomic mass is 9.89. The maximum absolute atomic E-state index is 13.9. The molecule has 0 heterocycles. The molecule has 0 N–H and O–H groups in total. The van der Waals surface area contributed by atoms with E-state index in [9.17, 15) is 4.79 Å². The molecule has 174 valence electrons.